The first-order valence-electron chi connectivity index (χ1n) is 7.79. The molecule has 10 heteroatoms. The molecule has 0 aliphatic heterocycles. The summed E-state index contributed by atoms with van der Waals surface area (Å²) in [5.41, 5.74) is 0. The minimum Gasteiger partial charge on any atom is -0.377 e. The summed E-state index contributed by atoms with van der Waals surface area (Å²) < 4.78 is 16.0. The van der Waals surface area contributed by atoms with Crippen molar-refractivity contribution in [3.63, 3.8) is 0 Å². The van der Waals surface area contributed by atoms with E-state index in [1.54, 1.807) is 35.2 Å². The molecule has 0 saturated heterocycles. The highest BCUT2D eigenvalue weighted by Crippen LogP contribution is 2.16. The molecule has 3 N–H and O–H groups in total. The number of carbonyl (C=O) groups is 2. The maximum Gasteiger partial charge on any atom is 0.500 e. The van der Waals surface area contributed by atoms with Crippen molar-refractivity contribution in [2.45, 2.75) is 31.6 Å². The van der Waals surface area contributed by atoms with Gasteiger partial charge in [-0.25, -0.2) is 0 Å². The van der Waals surface area contributed by atoms with E-state index in [9.17, 15) is 9.59 Å². The summed E-state index contributed by atoms with van der Waals surface area (Å²) >= 11 is 1.40. The van der Waals surface area contributed by atoms with Gasteiger partial charge < -0.3 is 29.0 Å². The normalized spacial score (nSPS) is 14.1. The summed E-state index contributed by atoms with van der Waals surface area (Å²) in [6, 6.07) is 0.622. The summed E-state index contributed by atoms with van der Waals surface area (Å²) in [5.74, 6) is -0.0611. The molecule has 0 aliphatic rings. The Hall–Kier alpha value is -0.653. The van der Waals surface area contributed by atoms with Crippen molar-refractivity contribution in [3.05, 3.63) is 0 Å². The van der Waals surface area contributed by atoms with Crippen LogP contribution in [-0.4, -0.2) is 71.3 Å². The van der Waals surface area contributed by atoms with Gasteiger partial charge >= 0.3 is 8.80 Å². The molecule has 0 aliphatic carbocycles. The zero-order chi connectivity index (χ0) is 18.6. The standard InChI is InChI=1S/C14H30N2O6SSi/c1-11(13(18)16-10-17)9-23-12(2)14(19)15-7-6-8-24(20-3,21-4)22-5/h11-12,17H,6-10H2,1-5H3,(H,15,19)(H,16,18). The van der Waals surface area contributed by atoms with E-state index in [4.69, 9.17) is 18.4 Å². The molecule has 2 amide bonds. The third-order valence-corrected chi connectivity index (χ3v) is 7.80. The zero-order valence-corrected chi connectivity index (χ0v) is 16.9. The number of hydrogen-bond donors (Lipinski definition) is 3. The van der Waals surface area contributed by atoms with Crippen LogP contribution in [0.1, 0.15) is 20.3 Å². The maximum absolute atomic E-state index is 12.0. The van der Waals surface area contributed by atoms with Crippen LogP contribution in [0.4, 0.5) is 0 Å². The van der Waals surface area contributed by atoms with E-state index in [1.165, 1.54) is 11.8 Å². The van der Waals surface area contributed by atoms with Gasteiger partial charge in [-0.15, -0.1) is 11.8 Å². The van der Waals surface area contributed by atoms with E-state index in [-0.39, 0.29) is 29.7 Å². The largest absolute Gasteiger partial charge is 0.500 e. The molecule has 8 nitrogen and oxygen atoms in total. The fourth-order valence-electron chi connectivity index (χ4n) is 1.91. The van der Waals surface area contributed by atoms with Crippen LogP contribution in [0.25, 0.3) is 0 Å². The lowest BCUT2D eigenvalue weighted by atomic mass is 10.2. The van der Waals surface area contributed by atoms with Gasteiger partial charge in [0.2, 0.25) is 11.8 Å². The van der Waals surface area contributed by atoms with Crippen LogP contribution in [0.3, 0.4) is 0 Å². The third-order valence-electron chi connectivity index (χ3n) is 3.56. The summed E-state index contributed by atoms with van der Waals surface area (Å²) in [4.78, 5) is 23.5. The molecule has 142 valence electrons. The molecule has 0 aromatic rings. The molecule has 0 bridgehead atoms. The van der Waals surface area contributed by atoms with Gasteiger partial charge in [-0.2, -0.15) is 0 Å². The Labute approximate surface area is 149 Å². The van der Waals surface area contributed by atoms with Gasteiger partial charge in [0.1, 0.15) is 6.73 Å². The third kappa shape index (κ3) is 8.45. The highest BCUT2D eigenvalue weighted by atomic mass is 32.2. The molecule has 0 aromatic heterocycles. The van der Waals surface area contributed by atoms with Gasteiger partial charge in [-0.05, 0) is 13.3 Å². The number of rotatable bonds is 13. The van der Waals surface area contributed by atoms with Crippen molar-refractivity contribution in [1.29, 1.82) is 0 Å². The minimum absolute atomic E-state index is 0.0747. The Morgan fingerprint density at radius 1 is 1.08 bits per heavy atom. The van der Waals surface area contributed by atoms with E-state index >= 15 is 0 Å². The second-order valence-electron chi connectivity index (χ2n) is 5.27. The second-order valence-corrected chi connectivity index (χ2v) is 9.73. The van der Waals surface area contributed by atoms with Crippen LogP contribution >= 0.6 is 11.8 Å². The SMILES string of the molecule is CO[Si](CCCNC(=O)C(C)SCC(C)C(=O)NCO)(OC)OC. The van der Waals surface area contributed by atoms with Crippen molar-refractivity contribution in [1.82, 2.24) is 10.6 Å². The number of nitrogens with one attached hydrogen (secondary N) is 2. The number of aliphatic hydroxyl groups excluding tert-OH is 1. The minimum atomic E-state index is -2.59. The van der Waals surface area contributed by atoms with Gasteiger partial charge in [0.05, 0.1) is 5.25 Å². The van der Waals surface area contributed by atoms with Crippen molar-refractivity contribution in [2.75, 3.05) is 40.4 Å². The zero-order valence-electron chi connectivity index (χ0n) is 15.1. The highest BCUT2D eigenvalue weighted by molar-refractivity contribution is 8.00. The Balaban J connectivity index is 4.05. The fraction of sp³-hybridized carbons (Fsp3) is 0.857. The van der Waals surface area contributed by atoms with Gasteiger partial charge in [-0.3, -0.25) is 9.59 Å². The quantitative estimate of drug-likeness (QED) is 0.237. The Kier molecular flexibility index (Phi) is 12.3. The van der Waals surface area contributed by atoms with E-state index in [0.29, 0.717) is 24.8 Å². The molecular weight excluding hydrogens is 352 g/mol. The molecule has 24 heavy (non-hydrogen) atoms. The highest BCUT2D eigenvalue weighted by Gasteiger charge is 2.36. The lowest BCUT2D eigenvalue weighted by Gasteiger charge is -2.24. The van der Waals surface area contributed by atoms with E-state index in [1.807, 2.05) is 0 Å². The van der Waals surface area contributed by atoms with Gasteiger partial charge in [0, 0.05) is 45.6 Å². The predicted molar refractivity (Wildman–Crippen MR) is 95.5 cm³/mol. The first kappa shape index (κ1) is 23.3. The van der Waals surface area contributed by atoms with Gasteiger partial charge in [0.25, 0.3) is 0 Å². The molecule has 2 unspecified atom stereocenters. The Morgan fingerprint density at radius 2 is 1.67 bits per heavy atom. The van der Waals surface area contributed by atoms with Crippen molar-refractivity contribution in [2.24, 2.45) is 5.92 Å². The number of thioether (sulfide) groups is 1. The van der Waals surface area contributed by atoms with Gasteiger partial charge in [-0.1, -0.05) is 6.92 Å². The first-order chi connectivity index (χ1) is 11.4. The summed E-state index contributed by atoms with van der Waals surface area (Å²) in [5, 5.41) is 13.6. The van der Waals surface area contributed by atoms with Crippen molar-refractivity contribution in [3.8, 4) is 0 Å². The first-order valence-corrected chi connectivity index (χ1v) is 10.8. The van der Waals surface area contributed by atoms with Crippen LogP contribution in [0, 0.1) is 5.92 Å². The average molecular weight is 383 g/mol. The lowest BCUT2D eigenvalue weighted by Crippen LogP contribution is -2.43. The molecule has 0 saturated carbocycles. The Morgan fingerprint density at radius 3 is 2.17 bits per heavy atom. The molecule has 0 heterocycles. The van der Waals surface area contributed by atoms with Crippen LogP contribution in [-0.2, 0) is 22.9 Å². The fourth-order valence-corrected chi connectivity index (χ4v) is 4.59. The van der Waals surface area contributed by atoms with E-state index < -0.39 is 8.80 Å². The monoisotopic (exact) mass is 382 g/mol. The van der Waals surface area contributed by atoms with Crippen LogP contribution in [0.5, 0.6) is 0 Å². The molecule has 0 aromatic carbocycles. The predicted octanol–water partition coefficient (Wildman–Crippen LogP) is 0.195. The molecule has 0 radical (unpaired) electrons. The number of carbonyl (C=O) groups excluding carboxylic acids is 2. The lowest BCUT2D eigenvalue weighted by molar-refractivity contribution is -0.125. The van der Waals surface area contributed by atoms with E-state index in [0.717, 1.165) is 0 Å². The number of aliphatic hydroxyl groups is 1. The summed E-state index contributed by atoms with van der Waals surface area (Å²) in [6.45, 7) is 3.69. The van der Waals surface area contributed by atoms with Crippen LogP contribution in [0.15, 0.2) is 0 Å². The van der Waals surface area contributed by atoms with Crippen LogP contribution in [0.2, 0.25) is 6.04 Å². The average Bonchev–Trinajstić information content (AvgIpc) is 2.60. The summed E-state index contributed by atoms with van der Waals surface area (Å²) in [7, 11) is 2.09. The molecule has 0 spiro atoms. The smallest absolute Gasteiger partial charge is 0.377 e. The molecule has 0 fully saturated rings. The van der Waals surface area contributed by atoms with Crippen molar-refractivity contribution >= 4 is 32.4 Å². The molecule has 2 atom stereocenters. The second kappa shape index (κ2) is 12.7. The van der Waals surface area contributed by atoms with E-state index in [2.05, 4.69) is 10.6 Å². The summed E-state index contributed by atoms with van der Waals surface area (Å²) in [6.07, 6.45) is 0.695. The van der Waals surface area contributed by atoms with Crippen molar-refractivity contribution < 1.29 is 28.0 Å². The number of amides is 2. The molecule has 0 rings (SSSR count). The Bertz CT molecular complexity index is 376. The number of hydrogen-bond acceptors (Lipinski definition) is 7. The molecular formula is C14H30N2O6SSi. The van der Waals surface area contributed by atoms with Crippen LogP contribution < -0.4 is 10.6 Å². The topological polar surface area (TPSA) is 106 Å². The maximum atomic E-state index is 12.0. The van der Waals surface area contributed by atoms with Gasteiger partial charge in [0.15, 0.2) is 0 Å².